The Kier molecular flexibility index (Phi) is 4.31. The molecule has 3 unspecified atom stereocenters. The third-order valence-corrected chi connectivity index (χ3v) is 4.83. The molecule has 2 aliphatic heterocycles. The largest absolute Gasteiger partial charge is 0.353 e. The molecule has 2 heterocycles. The van der Waals surface area contributed by atoms with Crippen LogP contribution in [0.25, 0.3) is 0 Å². The molecule has 2 fully saturated rings. The van der Waals surface area contributed by atoms with Crippen molar-refractivity contribution in [3.63, 3.8) is 0 Å². The minimum absolute atomic E-state index is 0.0730. The minimum Gasteiger partial charge on any atom is -0.353 e. The fourth-order valence-corrected chi connectivity index (χ4v) is 3.29. The van der Waals surface area contributed by atoms with Crippen LogP contribution >= 0.6 is 11.6 Å². The van der Waals surface area contributed by atoms with Crippen molar-refractivity contribution in [1.82, 2.24) is 10.2 Å². The number of halogens is 1. The van der Waals surface area contributed by atoms with Crippen LogP contribution in [0.4, 0.5) is 0 Å². The fraction of sp³-hybridized carbons (Fsp3) is 0.923. The first-order chi connectivity index (χ1) is 8.11. The Morgan fingerprint density at radius 1 is 1.41 bits per heavy atom. The van der Waals surface area contributed by atoms with Crippen molar-refractivity contribution < 1.29 is 4.79 Å². The van der Waals surface area contributed by atoms with Crippen LogP contribution < -0.4 is 5.32 Å². The summed E-state index contributed by atoms with van der Waals surface area (Å²) >= 11 is 5.71. The topological polar surface area (TPSA) is 32.3 Å². The van der Waals surface area contributed by atoms with E-state index in [4.69, 9.17) is 11.6 Å². The van der Waals surface area contributed by atoms with Crippen LogP contribution in [0.3, 0.4) is 0 Å². The standard InChI is InChI=1S/C13H23ClN2O/c1-9(8-14)13(17)15-10-6-11-4-3-5-12(7-10)16(11)2/h9-12H,3-8H2,1-2H3,(H,15,17). The number of nitrogens with one attached hydrogen (secondary N) is 1. The zero-order valence-corrected chi connectivity index (χ0v) is 11.5. The number of carbonyl (C=O) groups excluding carboxylic acids is 1. The van der Waals surface area contributed by atoms with Crippen molar-refractivity contribution in [2.24, 2.45) is 5.92 Å². The van der Waals surface area contributed by atoms with Gasteiger partial charge >= 0.3 is 0 Å². The van der Waals surface area contributed by atoms with Gasteiger partial charge in [0.2, 0.25) is 5.91 Å². The van der Waals surface area contributed by atoms with Gasteiger partial charge in [-0.25, -0.2) is 0 Å². The maximum atomic E-state index is 11.8. The van der Waals surface area contributed by atoms with Crippen LogP contribution in [0.5, 0.6) is 0 Å². The Balaban J connectivity index is 1.89. The highest BCUT2D eigenvalue weighted by molar-refractivity contribution is 6.19. The number of piperidine rings is 2. The van der Waals surface area contributed by atoms with Crippen molar-refractivity contribution in [3.05, 3.63) is 0 Å². The van der Waals surface area contributed by atoms with E-state index in [1.54, 1.807) is 0 Å². The van der Waals surface area contributed by atoms with Crippen LogP contribution in [0, 0.1) is 5.92 Å². The smallest absolute Gasteiger partial charge is 0.224 e. The van der Waals surface area contributed by atoms with Gasteiger partial charge in [0, 0.05) is 29.9 Å². The van der Waals surface area contributed by atoms with E-state index in [-0.39, 0.29) is 11.8 Å². The van der Waals surface area contributed by atoms with Gasteiger partial charge in [-0.1, -0.05) is 13.3 Å². The van der Waals surface area contributed by atoms with E-state index in [1.807, 2.05) is 6.92 Å². The summed E-state index contributed by atoms with van der Waals surface area (Å²) in [4.78, 5) is 14.3. The second-order valence-corrected chi connectivity index (χ2v) is 5.94. The quantitative estimate of drug-likeness (QED) is 0.786. The van der Waals surface area contributed by atoms with Gasteiger partial charge in [0.1, 0.15) is 0 Å². The highest BCUT2D eigenvalue weighted by Crippen LogP contribution is 2.32. The van der Waals surface area contributed by atoms with E-state index in [1.165, 1.54) is 19.3 Å². The van der Waals surface area contributed by atoms with E-state index < -0.39 is 0 Å². The molecule has 4 heteroatoms. The molecular formula is C13H23ClN2O. The van der Waals surface area contributed by atoms with E-state index in [9.17, 15) is 4.79 Å². The zero-order chi connectivity index (χ0) is 12.4. The van der Waals surface area contributed by atoms with E-state index in [0.717, 1.165) is 12.8 Å². The third kappa shape index (κ3) is 2.94. The number of alkyl halides is 1. The van der Waals surface area contributed by atoms with Crippen molar-refractivity contribution in [3.8, 4) is 0 Å². The predicted molar refractivity (Wildman–Crippen MR) is 70.2 cm³/mol. The number of rotatable bonds is 3. The molecule has 0 radical (unpaired) electrons. The number of hydrogen-bond donors (Lipinski definition) is 1. The van der Waals surface area contributed by atoms with Gasteiger partial charge in [-0.3, -0.25) is 4.79 Å². The average Bonchev–Trinajstić information content (AvgIpc) is 2.29. The Bertz CT molecular complexity index is 271. The molecule has 0 aromatic carbocycles. The lowest BCUT2D eigenvalue weighted by Gasteiger charge is -2.47. The molecule has 2 bridgehead atoms. The van der Waals surface area contributed by atoms with Gasteiger partial charge in [-0.2, -0.15) is 0 Å². The predicted octanol–water partition coefficient (Wildman–Crippen LogP) is 1.99. The normalized spacial score (nSPS) is 35.4. The number of amides is 1. The van der Waals surface area contributed by atoms with Gasteiger partial charge in [-0.15, -0.1) is 11.6 Å². The molecule has 0 aromatic rings. The summed E-state index contributed by atoms with van der Waals surface area (Å²) in [6.07, 6.45) is 6.12. The van der Waals surface area contributed by atoms with Crippen molar-refractivity contribution in [2.45, 2.75) is 57.2 Å². The molecule has 2 saturated heterocycles. The third-order valence-electron chi connectivity index (χ3n) is 4.37. The van der Waals surface area contributed by atoms with Gasteiger partial charge < -0.3 is 10.2 Å². The Morgan fingerprint density at radius 3 is 2.53 bits per heavy atom. The van der Waals surface area contributed by atoms with Crippen LogP contribution in [-0.2, 0) is 4.79 Å². The molecule has 3 nitrogen and oxygen atoms in total. The Hall–Kier alpha value is -0.280. The van der Waals surface area contributed by atoms with Crippen molar-refractivity contribution in [2.75, 3.05) is 12.9 Å². The first-order valence-corrected chi connectivity index (χ1v) is 7.23. The monoisotopic (exact) mass is 258 g/mol. The first-order valence-electron chi connectivity index (χ1n) is 6.70. The lowest BCUT2D eigenvalue weighted by molar-refractivity contribution is -0.125. The fourth-order valence-electron chi connectivity index (χ4n) is 3.15. The summed E-state index contributed by atoms with van der Waals surface area (Å²) in [6, 6.07) is 1.69. The summed E-state index contributed by atoms with van der Waals surface area (Å²) in [5.41, 5.74) is 0. The maximum absolute atomic E-state index is 11.8. The second kappa shape index (κ2) is 5.57. The molecule has 0 aromatic heterocycles. The Labute approximate surface area is 109 Å². The number of hydrogen-bond acceptors (Lipinski definition) is 2. The maximum Gasteiger partial charge on any atom is 0.224 e. The summed E-state index contributed by atoms with van der Waals surface area (Å²) < 4.78 is 0. The lowest BCUT2D eigenvalue weighted by Crippen LogP contribution is -2.55. The highest BCUT2D eigenvalue weighted by atomic mass is 35.5. The van der Waals surface area contributed by atoms with Crippen molar-refractivity contribution >= 4 is 17.5 Å². The molecule has 1 amide bonds. The molecule has 1 N–H and O–H groups in total. The number of nitrogens with zero attached hydrogens (tertiary/aromatic N) is 1. The molecule has 17 heavy (non-hydrogen) atoms. The minimum atomic E-state index is -0.0730. The summed E-state index contributed by atoms with van der Waals surface area (Å²) in [6.45, 7) is 1.89. The molecule has 2 rings (SSSR count). The number of fused-ring (bicyclic) bond motifs is 2. The molecule has 0 saturated carbocycles. The zero-order valence-electron chi connectivity index (χ0n) is 10.8. The van der Waals surface area contributed by atoms with Crippen molar-refractivity contribution in [1.29, 1.82) is 0 Å². The SMILES string of the molecule is CC(CCl)C(=O)NC1CC2CCCC(C1)N2C. The second-order valence-electron chi connectivity index (χ2n) is 5.64. The van der Waals surface area contributed by atoms with Crippen LogP contribution in [0.15, 0.2) is 0 Å². The molecule has 2 aliphatic rings. The van der Waals surface area contributed by atoms with Crippen LogP contribution in [0.2, 0.25) is 0 Å². The Morgan fingerprint density at radius 2 is 2.00 bits per heavy atom. The molecule has 0 aliphatic carbocycles. The number of carbonyl (C=O) groups is 1. The van der Waals surface area contributed by atoms with Gasteiger partial charge in [0.15, 0.2) is 0 Å². The summed E-state index contributed by atoms with van der Waals surface area (Å²) in [7, 11) is 2.23. The molecule has 98 valence electrons. The molecular weight excluding hydrogens is 236 g/mol. The van der Waals surface area contributed by atoms with E-state index in [0.29, 0.717) is 24.0 Å². The lowest BCUT2D eigenvalue weighted by atomic mass is 9.82. The average molecular weight is 259 g/mol. The first kappa shape index (κ1) is 13.2. The summed E-state index contributed by atoms with van der Waals surface area (Å²) in [5.74, 6) is 0.453. The summed E-state index contributed by atoms with van der Waals surface area (Å²) in [5, 5.41) is 3.17. The molecule has 3 atom stereocenters. The van der Waals surface area contributed by atoms with Gasteiger partial charge in [0.05, 0.1) is 0 Å². The van der Waals surface area contributed by atoms with Crippen LogP contribution in [0.1, 0.15) is 39.0 Å². The highest BCUT2D eigenvalue weighted by Gasteiger charge is 2.36. The van der Waals surface area contributed by atoms with Gasteiger partial charge in [-0.05, 0) is 32.7 Å². The van der Waals surface area contributed by atoms with Gasteiger partial charge in [0.25, 0.3) is 0 Å². The van der Waals surface area contributed by atoms with E-state index in [2.05, 4.69) is 17.3 Å². The molecule has 0 spiro atoms. The van der Waals surface area contributed by atoms with E-state index >= 15 is 0 Å². The van der Waals surface area contributed by atoms with Crippen LogP contribution in [-0.4, -0.2) is 41.9 Å².